The van der Waals surface area contributed by atoms with Crippen molar-refractivity contribution in [3.63, 3.8) is 0 Å². The first kappa shape index (κ1) is 22.3. The number of halogens is 1. The van der Waals surface area contributed by atoms with Crippen LogP contribution in [0.15, 0.2) is 83.8 Å². The first-order valence-corrected chi connectivity index (χ1v) is 11.3. The molecule has 0 bridgehead atoms. The molecule has 6 nitrogen and oxygen atoms in total. The number of nitrogens with one attached hydrogen (secondary N) is 1. The van der Waals surface area contributed by atoms with Crippen molar-refractivity contribution in [2.75, 3.05) is 11.3 Å². The summed E-state index contributed by atoms with van der Waals surface area (Å²) in [5.41, 5.74) is 1.63. The number of hydrogen-bond acceptors (Lipinski definition) is 4. The van der Waals surface area contributed by atoms with Gasteiger partial charge in [-0.2, -0.15) is 5.26 Å². The minimum atomic E-state index is -3.83. The summed E-state index contributed by atoms with van der Waals surface area (Å²) in [7, 11) is -3.83. The van der Waals surface area contributed by atoms with Crippen LogP contribution in [0.3, 0.4) is 0 Å². The summed E-state index contributed by atoms with van der Waals surface area (Å²) in [6.45, 7) is 0.637. The third-order valence-electron chi connectivity index (χ3n) is 4.49. The summed E-state index contributed by atoms with van der Waals surface area (Å²) >= 11 is 5.90. The highest BCUT2D eigenvalue weighted by Crippen LogP contribution is 2.20. The summed E-state index contributed by atoms with van der Waals surface area (Å²) < 4.78 is 27.7. The first-order valence-electron chi connectivity index (χ1n) is 9.47. The van der Waals surface area contributed by atoms with E-state index in [1.54, 1.807) is 23.1 Å². The van der Waals surface area contributed by atoms with E-state index in [2.05, 4.69) is 10.8 Å². The second-order valence-corrected chi connectivity index (χ2v) is 8.88. The van der Waals surface area contributed by atoms with E-state index in [9.17, 15) is 13.2 Å². The summed E-state index contributed by atoms with van der Waals surface area (Å²) in [6, 6.07) is 23.6. The normalized spacial score (nSPS) is 10.8. The van der Waals surface area contributed by atoms with Gasteiger partial charge in [-0.3, -0.25) is 9.52 Å². The van der Waals surface area contributed by atoms with Gasteiger partial charge in [-0.05, 0) is 48.0 Å². The molecule has 158 valence electrons. The van der Waals surface area contributed by atoms with E-state index >= 15 is 0 Å². The number of benzene rings is 3. The Labute approximate surface area is 186 Å². The Kier molecular flexibility index (Phi) is 7.29. The van der Waals surface area contributed by atoms with Crippen molar-refractivity contribution in [2.45, 2.75) is 17.9 Å². The van der Waals surface area contributed by atoms with Crippen LogP contribution in [-0.4, -0.2) is 25.8 Å². The second-order valence-electron chi connectivity index (χ2n) is 6.76. The average Bonchev–Trinajstić information content (AvgIpc) is 2.76. The van der Waals surface area contributed by atoms with Crippen molar-refractivity contribution in [1.29, 1.82) is 5.26 Å². The van der Waals surface area contributed by atoms with Crippen molar-refractivity contribution >= 4 is 33.2 Å². The molecular formula is C23H20ClN3O3S. The maximum absolute atomic E-state index is 13.0. The number of carbonyl (C=O) groups excluding carboxylic acids is 1. The average molecular weight is 454 g/mol. The molecule has 0 aromatic heterocycles. The Balaban J connectivity index is 1.77. The van der Waals surface area contributed by atoms with Crippen molar-refractivity contribution in [1.82, 2.24) is 4.90 Å². The maximum Gasteiger partial charge on any atom is 0.261 e. The number of nitrogens with zero attached hydrogens (tertiary/aromatic N) is 2. The fourth-order valence-electron chi connectivity index (χ4n) is 2.97. The van der Waals surface area contributed by atoms with E-state index in [0.29, 0.717) is 22.8 Å². The van der Waals surface area contributed by atoms with Gasteiger partial charge < -0.3 is 4.90 Å². The van der Waals surface area contributed by atoms with Gasteiger partial charge in [0, 0.05) is 23.7 Å². The van der Waals surface area contributed by atoms with Crippen LogP contribution in [0.25, 0.3) is 0 Å². The molecule has 31 heavy (non-hydrogen) atoms. The standard InChI is InChI=1S/C23H20ClN3O3S/c24-20-8-4-9-21(16-20)26-31(29,30)22-12-10-19(11-13-22)23(28)27(15-5-14-25)17-18-6-2-1-3-7-18/h1-4,6-13,16,26H,5,15,17H2. The van der Waals surface area contributed by atoms with E-state index in [0.717, 1.165) is 5.56 Å². The van der Waals surface area contributed by atoms with Crippen LogP contribution >= 0.6 is 11.6 Å². The lowest BCUT2D eigenvalue weighted by molar-refractivity contribution is 0.0747. The van der Waals surface area contributed by atoms with Crippen LogP contribution < -0.4 is 4.72 Å². The van der Waals surface area contributed by atoms with Crippen molar-refractivity contribution in [3.05, 3.63) is 95.0 Å². The summed E-state index contributed by atoms with van der Waals surface area (Å²) in [5, 5.41) is 9.34. The highest BCUT2D eigenvalue weighted by atomic mass is 35.5. The number of sulfonamides is 1. The van der Waals surface area contributed by atoms with Crippen molar-refractivity contribution in [2.24, 2.45) is 0 Å². The van der Waals surface area contributed by atoms with E-state index in [-0.39, 0.29) is 23.8 Å². The highest BCUT2D eigenvalue weighted by Gasteiger charge is 2.19. The van der Waals surface area contributed by atoms with Gasteiger partial charge in [-0.25, -0.2) is 8.42 Å². The summed E-state index contributed by atoms with van der Waals surface area (Å²) in [6.07, 6.45) is 0.203. The van der Waals surface area contributed by atoms with Crippen LogP contribution in [-0.2, 0) is 16.6 Å². The predicted octanol–water partition coefficient (Wildman–Crippen LogP) is 4.70. The Morgan fingerprint density at radius 1 is 1.00 bits per heavy atom. The van der Waals surface area contributed by atoms with E-state index in [1.807, 2.05) is 30.3 Å². The Bertz CT molecular complexity index is 1190. The van der Waals surface area contributed by atoms with Crippen LogP contribution in [0.1, 0.15) is 22.3 Å². The molecule has 0 spiro atoms. The van der Waals surface area contributed by atoms with Gasteiger partial charge >= 0.3 is 0 Å². The maximum atomic E-state index is 13.0. The molecule has 0 aliphatic heterocycles. The van der Waals surface area contributed by atoms with Crippen LogP contribution in [0.5, 0.6) is 0 Å². The monoisotopic (exact) mass is 453 g/mol. The highest BCUT2D eigenvalue weighted by molar-refractivity contribution is 7.92. The molecule has 0 atom stereocenters. The Hall–Kier alpha value is -3.34. The predicted molar refractivity (Wildman–Crippen MR) is 120 cm³/mol. The number of carbonyl (C=O) groups is 1. The first-order chi connectivity index (χ1) is 14.9. The number of nitriles is 1. The number of amides is 1. The molecule has 0 saturated heterocycles. The Morgan fingerprint density at radius 3 is 2.35 bits per heavy atom. The quantitative estimate of drug-likeness (QED) is 0.535. The molecule has 0 fully saturated rings. The van der Waals surface area contributed by atoms with Gasteiger partial charge in [0.25, 0.3) is 15.9 Å². The Morgan fingerprint density at radius 2 is 1.71 bits per heavy atom. The number of rotatable bonds is 8. The third kappa shape index (κ3) is 6.07. The zero-order valence-corrected chi connectivity index (χ0v) is 18.1. The zero-order chi connectivity index (χ0) is 22.3. The fourth-order valence-corrected chi connectivity index (χ4v) is 4.21. The molecule has 3 aromatic rings. The van der Waals surface area contributed by atoms with Crippen molar-refractivity contribution in [3.8, 4) is 6.07 Å². The molecule has 1 N–H and O–H groups in total. The van der Waals surface area contributed by atoms with Gasteiger partial charge in [0.15, 0.2) is 0 Å². The lowest BCUT2D eigenvalue weighted by Crippen LogP contribution is -2.31. The van der Waals surface area contributed by atoms with E-state index in [1.165, 1.54) is 30.3 Å². The molecule has 0 aliphatic carbocycles. The topological polar surface area (TPSA) is 90.3 Å². The lowest BCUT2D eigenvalue weighted by Gasteiger charge is -2.22. The van der Waals surface area contributed by atoms with Gasteiger partial charge in [0.05, 0.1) is 23.1 Å². The molecule has 0 unspecified atom stereocenters. The van der Waals surface area contributed by atoms with Crippen LogP contribution in [0.2, 0.25) is 5.02 Å². The van der Waals surface area contributed by atoms with Crippen LogP contribution in [0.4, 0.5) is 5.69 Å². The molecule has 0 radical (unpaired) electrons. The molecule has 0 saturated carbocycles. The molecule has 0 heterocycles. The van der Waals surface area contributed by atoms with E-state index < -0.39 is 10.0 Å². The lowest BCUT2D eigenvalue weighted by atomic mass is 10.1. The van der Waals surface area contributed by atoms with Crippen LogP contribution in [0, 0.1) is 11.3 Å². The summed E-state index contributed by atoms with van der Waals surface area (Å²) in [4.78, 5) is 14.6. The van der Waals surface area contributed by atoms with Gasteiger partial charge in [-0.1, -0.05) is 48.0 Å². The third-order valence-corrected chi connectivity index (χ3v) is 6.12. The molecular weight excluding hydrogens is 434 g/mol. The smallest absolute Gasteiger partial charge is 0.261 e. The summed E-state index contributed by atoms with van der Waals surface area (Å²) in [5.74, 6) is -0.272. The SMILES string of the molecule is N#CCCN(Cc1ccccc1)C(=O)c1ccc(S(=O)(=O)Nc2cccc(Cl)c2)cc1. The minimum Gasteiger partial charge on any atom is -0.333 e. The number of hydrogen-bond donors (Lipinski definition) is 1. The van der Waals surface area contributed by atoms with Gasteiger partial charge in [0.1, 0.15) is 0 Å². The second kappa shape index (κ2) is 10.1. The van der Waals surface area contributed by atoms with Gasteiger partial charge in [0.2, 0.25) is 0 Å². The minimum absolute atomic E-state index is 0.0238. The van der Waals surface area contributed by atoms with Crippen molar-refractivity contribution < 1.29 is 13.2 Å². The zero-order valence-electron chi connectivity index (χ0n) is 16.5. The number of anilines is 1. The van der Waals surface area contributed by atoms with E-state index in [4.69, 9.17) is 16.9 Å². The molecule has 3 aromatic carbocycles. The molecule has 1 amide bonds. The molecule has 8 heteroatoms. The molecule has 0 aliphatic rings. The fraction of sp³-hybridized carbons (Fsp3) is 0.130. The van der Waals surface area contributed by atoms with Gasteiger partial charge in [-0.15, -0.1) is 0 Å². The molecule has 3 rings (SSSR count). The largest absolute Gasteiger partial charge is 0.333 e.